The zero-order chi connectivity index (χ0) is 11.0. The Morgan fingerprint density at radius 3 is 2.73 bits per heavy atom. The summed E-state index contributed by atoms with van der Waals surface area (Å²) in [5.74, 6) is 0.728. The van der Waals surface area contributed by atoms with E-state index in [0.29, 0.717) is 12.0 Å². The van der Waals surface area contributed by atoms with Crippen LogP contribution >= 0.6 is 43.2 Å². The fourth-order valence-electron chi connectivity index (χ4n) is 1.45. The summed E-state index contributed by atoms with van der Waals surface area (Å²) in [5, 5.41) is 3.03. The number of nitrogens with one attached hydrogen (secondary N) is 1. The van der Waals surface area contributed by atoms with Crippen molar-refractivity contribution in [1.29, 1.82) is 0 Å². The molecule has 2 rings (SSSR count). The molecule has 0 bridgehead atoms. The van der Waals surface area contributed by atoms with Gasteiger partial charge in [-0.15, -0.1) is 11.3 Å². The summed E-state index contributed by atoms with van der Waals surface area (Å²) in [6, 6.07) is 2.15. The van der Waals surface area contributed by atoms with Gasteiger partial charge in [-0.25, -0.2) is 0 Å². The normalized spacial score (nSPS) is 17.5. The largest absolute Gasteiger partial charge is 0.349 e. The smallest absolute Gasteiger partial charge is 0.261 e. The second kappa shape index (κ2) is 4.55. The van der Waals surface area contributed by atoms with Crippen LogP contribution in [0.4, 0.5) is 0 Å². The van der Waals surface area contributed by atoms with Gasteiger partial charge in [0, 0.05) is 10.5 Å². The van der Waals surface area contributed by atoms with Crippen LogP contribution in [0, 0.1) is 5.92 Å². The molecule has 5 heteroatoms. The van der Waals surface area contributed by atoms with Crippen molar-refractivity contribution in [3.05, 3.63) is 19.2 Å². The topological polar surface area (TPSA) is 29.1 Å². The minimum absolute atomic E-state index is 0.0331. The molecule has 1 unspecified atom stereocenters. The van der Waals surface area contributed by atoms with Crippen molar-refractivity contribution in [2.45, 2.75) is 25.8 Å². The molecule has 0 spiro atoms. The number of carbonyl (C=O) groups is 1. The molecule has 0 aromatic carbocycles. The first-order valence-corrected chi connectivity index (χ1v) is 7.24. The van der Waals surface area contributed by atoms with Gasteiger partial charge in [0.2, 0.25) is 0 Å². The molecule has 1 amide bonds. The summed E-state index contributed by atoms with van der Waals surface area (Å²) in [4.78, 5) is 12.6. The molecule has 2 nitrogen and oxygen atoms in total. The molecule has 1 aromatic heterocycles. The van der Waals surface area contributed by atoms with E-state index in [1.165, 1.54) is 24.2 Å². The Balaban J connectivity index is 2.00. The van der Waals surface area contributed by atoms with E-state index in [1.54, 1.807) is 0 Å². The Morgan fingerprint density at radius 1 is 1.60 bits per heavy atom. The summed E-state index contributed by atoms with van der Waals surface area (Å²) in [7, 11) is 0. The average molecular weight is 353 g/mol. The van der Waals surface area contributed by atoms with Crippen LogP contribution in [-0.4, -0.2) is 11.9 Å². The first-order chi connectivity index (χ1) is 7.08. The number of hydrogen-bond donors (Lipinski definition) is 1. The standard InChI is InChI=1S/C10H11Br2NOS/c1-5(6-2-3-6)13-10(14)8-4-7(11)9(12)15-8/h4-6H,2-3H2,1H3,(H,13,14). The Labute approximate surface area is 110 Å². The van der Waals surface area contributed by atoms with E-state index in [2.05, 4.69) is 44.1 Å². The van der Waals surface area contributed by atoms with Gasteiger partial charge in [0.15, 0.2) is 0 Å². The average Bonchev–Trinajstić information content (AvgIpc) is 2.95. The maximum absolute atomic E-state index is 11.8. The molecule has 15 heavy (non-hydrogen) atoms. The van der Waals surface area contributed by atoms with E-state index in [-0.39, 0.29) is 5.91 Å². The van der Waals surface area contributed by atoms with E-state index in [0.717, 1.165) is 13.1 Å². The second-order valence-corrected chi connectivity index (χ2v) is 7.06. The molecule has 1 aromatic rings. The highest BCUT2D eigenvalue weighted by Crippen LogP contribution is 2.34. The van der Waals surface area contributed by atoms with Crippen molar-refractivity contribution in [2.75, 3.05) is 0 Å². The second-order valence-electron chi connectivity index (χ2n) is 3.83. The third-order valence-corrected chi connectivity index (χ3v) is 5.81. The Morgan fingerprint density at radius 2 is 2.27 bits per heavy atom. The summed E-state index contributed by atoms with van der Waals surface area (Å²) >= 11 is 8.21. The van der Waals surface area contributed by atoms with Crippen molar-refractivity contribution in [2.24, 2.45) is 5.92 Å². The number of thiophene rings is 1. The Bertz CT molecular complexity index is 367. The van der Waals surface area contributed by atoms with Gasteiger partial charge in [0.05, 0.1) is 8.66 Å². The van der Waals surface area contributed by atoms with Crippen LogP contribution in [0.3, 0.4) is 0 Å². The van der Waals surface area contributed by atoms with Crippen molar-refractivity contribution in [3.63, 3.8) is 0 Å². The molecule has 1 N–H and O–H groups in total. The lowest BCUT2D eigenvalue weighted by atomic mass is 10.2. The maximum Gasteiger partial charge on any atom is 0.261 e. The zero-order valence-electron chi connectivity index (χ0n) is 8.22. The molecule has 1 heterocycles. The van der Waals surface area contributed by atoms with Crippen LogP contribution < -0.4 is 5.32 Å². The Kier molecular flexibility index (Phi) is 3.52. The molecule has 1 atom stereocenters. The highest BCUT2D eigenvalue weighted by atomic mass is 79.9. The highest BCUT2D eigenvalue weighted by molar-refractivity contribution is 9.13. The lowest BCUT2D eigenvalue weighted by molar-refractivity contribution is 0.0940. The summed E-state index contributed by atoms with van der Waals surface area (Å²) in [5.41, 5.74) is 0. The van der Waals surface area contributed by atoms with E-state index < -0.39 is 0 Å². The Hall–Kier alpha value is 0.130. The summed E-state index contributed by atoms with van der Waals surface area (Å²) in [6.07, 6.45) is 2.50. The maximum atomic E-state index is 11.8. The van der Waals surface area contributed by atoms with Gasteiger partial charge in [-0.1, -0.05) is 0 Å². The van der Waals surface area contributed by atoms with Crippen LogP contribution in [-0.2, 0) is 0 Å². The van der Waals surface area contributed by atoms with E-state index >= 15 is 0 Å². The van der Waals surface area contributed by atoms with Gasteiger partial charge in [-0.2, -0.15) is 0 Å². The van der Waals surface area contributed by atoms with Crippen molar-refractivity contribution >= 4 is 49.1 Å². The number of hydrogen-bond acceptors (Lipinski definition) is 2. The molecule has 82 valence electrons. The minimum atomic E-state index is 0.0331. The first-order valence-electron chi connectivity index (χ1n) is 4.83. The molecule has 1 saturated carbocycles. The predicted octanol–water partition coefficient (Wildman–Crippen LogP) is 3.80. The number of rotatable bonds is 3. The fraction of sp³-hybridized carbons (Fsp3) is 0.500. The van der Waals surface area contributed by atoms with Gasteiger partial charge in [0.1, 0.15) is 0 Å². The number of carbonyl (C=O) groups excluding carboxylic acids is 1. The molecule has 1 aliphatic carbocycles. The predicted molar refractivity (Wildman–Crippen MR) is 69.4 cm³/mol. The van der Waals surface area contributed by atoms with E-state index in [4.69, 9.17) is 0 Å². The van der Waals surface area contributed by atoms with Gasteiger partial charge >= 0.3 is 0 Å². The van der Waals surface area contributed by atoms with Crippen LogP contribution in [0.25, 0.3) is 0 Å². The molecular weight excluding hydrogens is 342 g/mol. The monoisotopic (exact) mass is 351 g/mol. The molecule has 0 aliphatic heterocycles. The van der Waals surface area contributed by atoms with Crippen LogP contribution in [0.15, 0.2) is 14.3 Å². The van der Waals surface area contributed by atoms with E-state index in [9.17, 15) is 4.79 Å². The third kappa shape index (κ3) is 2.82. The van der Waals surface area contributed by atoms with Gasteiger partial charge in [-0.3, -0.25) is 4.79 Å². The van der Waals surface area contributed by atoms with Crippen LogP contribution in [0.2, 0.25) is 0 Å². The SMILES string of the molecule is CC(NC(=O)c1cc(Br)c(Br)s1)C1CC1. The van der Waals surface area contributed by atoms with Crippen molar-refractivity contribution in [3.8, 4) is 0 Å². The van der Waals surface area contributed by atoms with Crippen molar-refractivity contribution in [1.82, 2.24) is 5.32 Å². The summed E-state index contributed by atoms with van der Waals surface area (Å²) in [6.45, 7) is 2.08. The van der Waals surface area contributed by atoms with Crippen molar-refractivity contribution < 1.29 is 4.79 Å². The first kappa shape index (κ1) is 11.6. The highest BCUT2D eigenvalue weighted by Gasteiger charge is 2.29. The van der Waals surface area contributed by atoms with E-state index in [1.807, 2.05) is 6.07 Å². The number of halogens is 2. The molecule has 0 radical (unpaired) electrons. The minimum Gasteiger partial charge on any atom is -0.349 e. The van der Waals surface area contributed by atoms with Gasteiger partial charge < -0.3 is 5.32 Å². The molecule has 1 aliphatic rings. The van der Waals surface area contributed by atoms with Gasteiger partial charge in [0.25, 0.3) is 5.91 Å². The molecular formula is C10H11Br2NOS. The van der Waals surface area contributed by atoms with Crippen LogP contribution in [0.1, 0.15) is 29.4 Å². The quantitative estimate of drug-likeness (QED) is 0.880. The third-order valence-electron chi connectivity index (χ3n) is 2.56. The van der Waals surface area contributed by atoms with Gasteiger partial charge in [-0.05, 0) is 63.6 Å². The lowest BCUT2D eigenvalue weighted by Crippen LogP contribution is -2.33. The molecule has 0 saturated heterocycles. The fourth-order valence-corrected chi connectivity index (χ4v) is 3.39. The molecule has 1 fully saturated rings. The zero-order valence-corrected chi connectivity index (χ0v) is 12.2. The summed E-state index contributed by atoms with van der Waals surface area (Å²) < 4.78 is 1.91. The van der Waals surface area contributed by atoms with Crippen LogP contribution in [0.5, 0.6) is 0 Å². The lowest BCUT2D eigenvalue weighted by Gasteiger charge is -2.11. The number of amides is 1.